The molecule has 33 heavy (non-hydrogen) atoms. The number of sulfonamides is 1. The molecule has 0 bridgehead atoms. The Morgan fingerprint density at radius 1 is 1.24 bits per heavy atom. The maximum atomic E-state index is 15.2. The van der Waals surface area contributed by atoms with Gasteiger partial charge in [-0.15, -0.1) is 0 Å². The fraction of sp³-hybridized carbons (Fsp3) is 0.0909. The van der Waals surface area contributed by atoms with E-state index in [9.17, 15) is 13.2 Å². The number of aryl methyl sites for hydroxylation is 1. The smallest absolute Gasteiger partial charge is 0.238 e. The summed E-state index contributed by atoms with van der Waals surface area (Å²) in [5.41, 5.74) is 1.15. The molecule has 3 aromatic rings. The van der Waals surface area contributed by atoms with Crippen LogP contribution in [0.5, 0.6) is 11.5 Å². The number of nitrogens with two attached hydrogens (primary N) is 1. The number of halogens is 3. The molecular formula is C22H16BrClFN3O4S. The van der Waals surface area contributed by atoms with Gasteiger partial charge in [0, 0.05) is 16.3 Å². The lowest BCUT2D eigenvalue weighted by atomic mass is 10.1. The van der Waals surface area contributed by atoms with Gasteiger partial charge >= 0.3 is 0 Å². The van der Waals surface area contributed by atoms with Crippen molar-refractivity contribution in [3.63, 3.8) is 0 Å². The number of amides is 1. The van der Waals surface area contributed by atoms with Gasteiger partial charge in [-0.3, -0.25) is 4.79 Å². The fourth-order valence-electron chi connectivity index (χ4n) is 2.93. The highest BCUT2D eigenvalue weighted by Crippen LogP contribution is 2.35. The van der Waals surface area contributed by atoms with Gasteiger partial charge in [0.05, 0.1) is 27.4 Å². The average molecular weight is 553 g/mol. The second kappa shape index (κ2) is 9.89. The molecule has 0 aromatic heterocycles. The molecule has 0 spiro atoms. The molecule has 3 N–H and O–H groups in total. The first-order valence-corrected chi connectivity index (χ1v) is 12.0. The Balaban J connectivity index is 1.82. The summed E-state index contributed by atoms with van der Waals surface area (Å²) in [4.78, 5) is 12.4. The number of nitrogens with zero attached hydrogens (tertiary/aromatic N) is 1. The minimum atomic E-state index is -3.87. The summed E-state index contributed by atoms with van der Waals surface area (Å²) in [5, 5.41) is 17.1. The molecule has 7 nitrogen and oxygen atoms in total. The zero-order valence-electron chi connectivity index (χ0n) is 17.0. The topological polar surface area (TPSA) is 122 Å². The lowest BCUT2D eigenvalue weighted by Crippen LogP contribution is -2.17. The molecule has 0 aliphatic rings. The highest BCUT2D eigenvalue weighted by molar-refractivity contribution is 9.10. The van der Waals surface area contributed by atoms with Crippen molar-refractivity contribution in [2.45, 2.75) is 18.2 Å². The number of hydrogen-bond donors (Lipinski definition) is 2. The van der Waals surface area contributed by atoms with Crippen LogP contribution in [0.2, 0.25) is 5.02 Å². The van der Waals surface area contributed by atoms with Crippen LogP contribution < -0.4 is 15.2 Å². The third-order valence-electron chi connectivity index (χ3n) is 4.50. The molecule has 0 saturated carbocycles. The fourth-order valence-corrected chi connectivity index (χ4v) is 4.14. The van der Waals surface area contributed by atoms with Gasteiger partial charge in [0.2, 0.25) is 15.9 Å². The Bertz CT molecular complexity index is 1410. The number of benzene rings is 3. The predicted molar refractivity (Wildman–Crippen MR) is 125 cm³/mol. The van der Waals surface area contributed by atoms with Crippen molar-refractivity contribution in [1.82, 2.24) is 0 Å². The molecular weight excluding hydrogens is 537 g/mol. The molecule has 0 aliphatic carbocycles. The van der Waals surface area contributed by atoms with E-state index in [1.165, 1.54) is 48.5 Å². The Morgan fingerprint density at radius 2 is 1.97 bits per heavy atom. The zero-order chi connectivity index (χ0) is 24.3. The van der Waals surface area contributed by atoms with Crippen LogP contribution in [0.15, 0.2) is 57.9 Å². The second-order valence-corrected chi connectivity index (χ2v) is 9.84. The summed E-state index contributed by atoms with van der Waals surface area (Å²) in [6, 6.07) is 13.2. The first-order chi connectivity index (χ1) is 15.5. The Labute approximate surface area is 203 Å². The molecule has 11 heteroatoms. The second-order valence-electron chi connectivity index (χ2n) is 6.99. The molecule has 0 unspecified atom stereocenters. The van der Waals surface area contributed by atoms with Gasteiger partial charge in [0.15, 0.2) is 11.6 Å². The van der Waals surface area contributed by atoms with Crippen molar-refractivity contribution in [3.05, 3.63) is 80.5 Å². The summed E-state index contributed by atoms with van der Waals surface area (Å²) in [7, 11) is -3.87. The number of carbonyl (C=O) groups excluding carboxylic acids is 1. The molecule has 0 aliphatic heterocycles. The lowest BCUT2D eigenvalue weighted by molar-refractivity contribution is -0.115. The number of carbonyl (C=O) groups is 1. The summed E-state index contributed by atoms with van der Waals surface area (Å²) in [5.74, 6) is -1.30. The van der Waals surface area contributed by atoms with Crippen molar-refractivity contribution in [1.29, 1.82) is 5.26 Å². The zero-order valence-corrected chi connectivity index (χ0v) is 20.2. The van der Waals surface area contributed by atoms with E-state index in [0.29, 0.717) is 15.7 Å². The maximum absolute atomic E-state index is 15.2. The number of nitriles is 1. The van der Waals surface area contributed by atoms with Crippen LogP contribution in [-0.4, -0.2) is 14.3 Å². The molecule has 3 aromatic carbocycles. The normalized spacial score (nSPS) is 11.0. The molecule has 0 heterocycles. The Hall–Kier alpha value is -2.97. The molecule has 0 saturated heterocycles. The minimum Gasteiger partial charge on any atom is -0.453 e. The number of primary sulfonamides is 1. The molecule has 0 fully saturated rings. The van der Waals surface area contributed by atoms with Crippen LogP contribution in [0.4, 0.5) is 10.1 Å². The van der Waals surface area contributed by atoms with E-state index >= 15 is 4.39 Å². The van der Waals surface area contributed by atoms with Crippen molar-refractivity contribution < 1.29 is 22.3 Å². The quantitative estimate of drug-likeness (QED) is 0.443. The first-order valence-electron chi connectivity index (χ1n) is 9.26. The molecule has 0 radical (unpaired) electrons. The van der Waals surface area contributed by atoms with Crippen molar-refractivity contribution in [2.75, 3.05) is 5.32 Å². The highest BCUT2D eigenvalue weighted by Gasteiger charge is 2.18. The number of ether oxygens (including phenoxy) is 1. The Kier molecular flexibility index (Phi) is 7.39. The minimum absolute atomic E-state index is 0.0621. The van der Waals surface area contributed by atoms with E-state index < -0.39 is 21.7 Å². The molecule has 170 valence electrons. The van der Waals surface area contributed by atoms with Gasteiger partial charge in [-0.1, -0.05) is 17.7 Å². The SMILES string of the molecule is Cc1cc(S(N)(=O)=O)ccc1NC(=O)Cc1ccc(Br)c(Oc2cc(Cl)cc(C#N)c2)c1F. The van der Waals surface area contributed by atoms with E-state index in [1.54, 1.807) is 6.92 Å². The molecule has 1 amide bonds. The van der Waals surface area contributed by atoms with Gasteiger partial charge in [-0.2, -0.15) is 5.26 Å². The number of nitrogens with one attached hydrogen (secondary N) is 1. The van der Waals surface area contributed by atoms with Crippen molar-refractivity contribution >= 4 is 49.1 Å². The van der Waals surface area contributed by atoms with E-state index in [4.69, 9.17) is 26.7 Å². The van der Waals surface area contributed by atoms with Crippen LogP contribution in [0.1, 0.15) is 16.7 Å². The molecule has 3 rings (SSSR count). The number of anilines is 1. The maximum Gasteiger partial charge on any atom is 0.238 e. The summed E-state index contributed by atoms with van der Waals surface area (Å²) in [6.07, 6.45) is -0.315. The number of rotatable bonds is 6. The average Bonchev–Trinajstić information content (AvgIpc) is 2.73. The standard InChI is InChI=1S/C22H16BrClFN3O4S/c1-12-6-17(33(27,30)31)3-5-19(12)28-20(29)9-14-2-4-18(23)22(21(14)25)32-16-8-13(11-26)7-15(24)10-16/h2-8,10H,9H2,1H3,(H,28,29)(H2,27,30,31). The monoisotopic (exact) mass is 551 g/mol. The summed E-state index contributed by atoms with van der Waals surface area (Å²) in [6.45, 7) is 1.61. The van der Waals surface area contributed by atoms with Gasteiger partial charge in [-0.25, -0.2) is 17.9 Å². The van der Waals surface area contributed by atoms with Crippen LogP contribution in [-0.2, 0) is 21.2 Å². The third kappa shape index (κ3) is 6.09. The van der Waals surface area contributed by atoms with E-state index in [0.717, 1.165) is 0 Å². The van der Waals surface area contributed by atoms with Crippen LogP contribution in [0, 0.1) is 24.1 Å². The van der Waals surface area contributed by atoms with Crippen LogP contribution >= 0.6 is 27.5 Å². The largest absolute Gasteiger partial charge is 0.453 e. The van der Waals surface area contributed by atoms with E-state index in [-0.39, 0.29) is 39.0 Å². The first kappa shape index (κ1) is 24.7. The van der Waals surface area contributed by atoms with E-state index in [2.05, 4.69) is 21.2 Å². The van der Waals surface area contributed by atoms with E-state index in [1.807, 2.05) is 6.07 Å². The van der Waals surface area contributed by atoms with Crippen molar-refractivity contribution in [2.24, 2.45) is 5.14 Å². The van der Waals surface area contributed by atoms with Gasteiger partial charge in [0.1, 0.15) is 5.75 Å². The Morgan fingerprint density at radius 3 is 2.61 bits per heavy atom. The predicted octanol–water partition coefficient (Wildman–Crippen LogP) is 5.04. The third-order valence-corrected chi connectivity index (χ3v) is 6.25. The van der Waals surface area contributed by atoms with Crippen molar-refractivity contribution in [3.8, 4) is 17.6 Å². The highest BCUT2D eigenvalue weighted by atomic mass is 79.9. The van der Waals surface area contributed by atoms with Crippen LogP contribution in [0.25, 0.3) is 0 Å². The molecule has 0 atom stereocenters. The van der Waals surface area contributed by atoms with Gasteiger partial charge in [0.25, 0.3) is 0 Å². The lowest BCUT2D eigenvalue weighted by Gasteiger charge is -2.13. The summed E-state index contributed by atoms with van der Waals surface area (Å²) >= 11 is 9.19. The van der Waals surface area contributed by atoms with Crippen LogP contribution in [0.3, 0.4) is 0 Å². The summed E-state index contributed by atoms with van der Waals surface area (Å²) < 4.78 is 44.0. The van der Waals surface area contributed by atoms with Gasteiger partial charge < -0.3 is 10.1 Å². The number of hydrogen-bond acceptors (Lipinski definition) is 5. The van der Waals surface area contributed by atoms with Gasteiger partial charge in [-0.05, 0) is 70.9 Å².